The zero-order chi connectivity index (χ0) is 20.4. The monoisotopic (exact) mass is 395 g/mol. The Balaban J connectivity index is 1.44. The summed E-state index contributed by atoms with van der Waals surface area (Å²) in [5.41, 5.74) is 7.29. The maximum absolute atomic E-state index is 13.4. The Morgan fingerprint density at radius 3 is 1.60 bits per heavy atom. The van der Waals surface area contributed by atoms with Crippen LogP contribution in [-0.4, -0.2) is 27.7 Å². The molecule has 3 aromatic rings. The van der Waals surface area contributed by atoms with Gasteiger partial charge in [-0.1, -0.05) is 48.5 Å². The van der Waals surface area contributed by atoms with E-state index in [9.17, 15) is 14.4 Å². The first kappa shape index (κ1) is 17.1. The summed E-state index contributed by atoms with van der Waals surface area (Å²) in [6, 6.07) is 19.2. The first-order chi connectivity index (χ1) is 14.7. The van der Waals surface area contributed by atoms with Crippen LogP contribution in [0.5, 0.6) is 0 Å². The lowest BCUT2D eigenvalue weighted by Crippen LogP contribution is -2.46. The van der Waals surface area contributed by atoms with Gasteiger partial charge in [0.25, 0.3) is 17.7 Å². The van der Waals surface area contributed by atoms with E-state index in [4.69, 9.17) is 0 Å². The predicted molar refractivity (Wildman–Crippen MR) is 107 cm³/mol. The summed E-state index contributed by atoms with van der Waals surface area (Å²) in [4.78, 5) is 43.3. The number of hydrazine groups is 1. The second kappa shape index (κ2) is 6.10. The molecule has 4 aliphatic rings. The summed E-state index contributed by atoms with van der Waals surface area (Å²) in [6.07, 6.45) is 2.99. The number of imide groups is 1. The van der Waals surface area contributed by atoms with Crippen molar-refractivity contribution < 1.29 is 14.4 Å². The zero-order valence-corrected chi connectivity index (χ0v) is 15.9. The number of aromatic nitrogens is 1. The summed E-state index contributed by atoms with van der Waals surface area (Å²) in [5.74, 6) is -2.58. The minimum absolute atomic E-state index is 0.188. The van der Waals surface area contributed by atoms with Crippen molar-refractivity contribution in [3.63, 3.8) is 0 Å². The fourth-order valence-electron chi connectivity index (χ4n) is 5.46. The second-order valence-corrected chi connectivity index (χ2v) is 7.95. The number of carbonyl (C=O) groups is 3. The fourth-order valence-corrected chi connectivity index (χ4v) is 5.46. The van der Waals surface area contributed by atoms with Crippen LogP contribution >= 0.6 is 0 Å². The molecular weight excluding hydrogens is 378 g/mol. The molecule has 1 fully saturated rings. The van der Waals surface area contributed by atoms with Gasteiger partial charge in [-0.05, 0) is 34.4 Å². The highest BCUT2D eigenvalue weighted by atomic mass is 16.2. The highest BCUT2D eigenvalue weighted by Crippen LogP contribution is 2.60. The average Bonchev–Trinajstić information content (AvgIpc) is 3.05. The van der Waals surface area contributed by atoms with Gasteiger partial charge < -0.3 is 0 Å². The third-order valence-corrected chi connectivity index (χ3v) is 6.60. The van der Waals surface area contributed by atoms with Crippen LogP contribution in [0.2, 0.25) is 0 Å². The van der Waals surface area contributed by atoms with E-state index in [1.54, 1.807) is 12.1 Å². The SMILES string of the molecule is O=C(NN1C(=O)C2C3c4ccccc4C(c4ccccc43)C2C1=O)c1ccncc1. The lowest BCUT2D eigenvalue weighted by Gasteiger charge is -2.45. The molecule has 3 aliphatic carbocycles. The van der Waals surface area contributed by atoms with Gasteiger partial charge in [-0.2, -0.15) is 5.01 Å². The van der Waals surface area contributed by atoms with Gasteiger partial charge in [-0.15, -0.1) is 0 Å². The smallest absolute Gasteiger partial charge is 0.270 e. The molecule has 1 saturated heterocycles. The molecule has 0 saturated carbocycles. The molecule has 2 aromatic carbocycles. The summed E-state index contributed by atoms with van der Waals surface area (Å²) >= 11 is 0. The Morgan fingerprint density at radius 1 is 0.733 bits per heavy atom. The number of benzene rings is 2. The summed E-state index contributed by atoms with van der Waals surface area (Å²) in [6.45, 7) is 0. The predicted octanol–water partition coefficient (Wildman–Crippen LogP) is 2.62. The minimum atomic E-state index is -0.509. The van der Waals surface area contributed by atoms with Gasteiger partial charge >= 0.3 is 0 Å². The van der Waals surface area contributed by atoms with E-state index in [1.165, 1.54) is 12.4 Å². The molecule has 7 rings (SSSR count). The Bertz CT molecular complexity index is 1110. The average molecular weight is 395 g/mol. The Kier molecular flexibility index (Phi) is 3.47. The van der Waals surface area contributed by atoms with Crippen LogP contribution in [0.15, 0.2) is 73.1 Å². The van der Waals surface area contributed by atoms with E-state index in [2.05, 4.69) is 34.7 Å². The van der Waals surface area contributed by atoms with Crippen molar-refractivity contribution in [3.8, 4) is 0 Å². The topological polar surface area (TPSA) is 79.4 Å². The van der Waals surface area contributed by atoms with Gasteiger partial charge in [-0.25, -0.2) is 0 Å². The zero-order valence-electron chi connectivity index (χ0n) is 15.9. The summed E-state index contributed by atoms with van der Waals surface area (Å²) in [5, 5.41) is 0.940. The molecule has 3 amide bonds. The lowest BCUT2D eigenvalue weighted by atomic mass is 9.55. The summed E-state index contributed by atoms with van der Waals surface area (Å²) < 4.78 is 0. The van der Waals surface area contributed by atoms with Crippen molar-refractivity contribution in [3.05, 3.63) is 101 Å². The molecule has 2 atom stereocenters. The molecule has 2 bridgehead atoms. The molecule has 30 heavy (non-hydrogen) atoms. The van der Waals surface area contributed by atoms with Crippen LogP contribution < -0.4 is 5.43 Å². The second-order valence-electron chi connectivity index (χ2n) is 7.95. The first-order valence-corrected chi connectivity index (χ1v) is 9.93. The van der Waals surface area contributed by atoms with E-state index < -0.39 is 17.7 Å². The highest BCUT2D eigenvalue weighted by molar-refractivity contribution is 6.09. The van der Waals surface area contributed by atoms with Crippen LogP contribution in [0.3, 0.4) is 0 Å². The third-order valence-electron chi connectivity index (χ3n) is 6.60. The van der Waals surface area contributed by atoms with E-state index in [1.807, 2.05) is 24.3 Å². The van der Waals surface area contributed by atoms with Gasteiger partial charge in [0.1, 0.15) is 0 Å². The van der Waals surface area contributed by atoms with Crippen LogP contribution in [0, 0.1) is 11.8 Å². The number of hydrogen-bond acceptors (Lipinski definition) is 4. The molecule has 6 heteroatoms. The molecule has 1 aromatic heterocycles. The standard InChI is InChI=1S/C24H17N3O3/c28-22(13-9-11-25-12-10-13)26-27-23(29)20-18-14-5-1-2-6-15(14)19(21(20)24(27)30)17-8-4-3-7-16(17)18/h1-12,18-21H,(H,26,28). The molecular formula is C24H17N3O3. The molecule has 0 spiro atoms. The fraction of sp³-hybridized carbons (Fsp3) is 0.167. The van der Waals surface area contributed by atoms with Crippen molar-refractivity contribution in [1.82, 2.24) is 15.4 Å². The molecule has 2 unspecified atom stereocenters. The van der Waals surface area contributed by atoms with E-state index in [-0.39, 0.29) is 23.7 Å². The van der Waals surface area contributed by atoms with E-state index >= 15 is 0 Å². The Morgan fingerprint density at radius 2 is 1.17 bits per heavy atom. The molecule has 2 heterocycles. The number of carbonyl (C=O) groups excluding carboxylic acids is 3. The van der Waals surface area contributed by atoms with Crippen LogP contribution in [-0.2, 0) is 9.59 Å². The van der Waals surface area contributed by atoms with E-state index in [0.29, 0.717) is 5.56 Å². The maximum Gasteiger partial charge on any atom is 0.270 e. The number of rotatable bonds is 2. The third kappa shape index (κ3) is 2.13. The number of pyridine rings is 1. The van der Waals surface area contributed by atoms with Crippen molar-refractivity contribution in [2.45, 2.75) is 11.8 Å². The molecule has 0 radical (unpaired) electrons. The molecule has 1 aliphatic heterocycles. The van der Waals surface area contributed by atoms with Gasteiger partial charge in [0.05, 0.1) is 11.8 Å². The normalized spacial score (nSPS) is 25.5. The van der Waals surface area contributed by atoms with Crippen LogP contribution in [0.25, 0.3) is 0 Å². The van der Waals surface area contributed by atoms with Crippen molar-refractivity contribution in [2.75, 3.05) is 0 Å². The van der Waals surface area contributed by atoms with Gasteiger partial charge in [-0.3, -0.25) is 24.8 Å². The van der Waals surface area contributed by atoms with Crippen molar-refractivity contribution in [1.29, 1.82) is 0 Å². The minimum Gasteiger partial charge on any atom is -0.272 e. The lowest BCUT2D eigenvalue weighted by molar-refractivity contribution is -0.142. The number of hydrogen-bond donors (Lipinski definition) is 1. The van der Waals surface area contributed by atoms with Crippen LogP contribution in [0.1, 0.15) is 44.4 Å². The van der Waals surface area contributed by atoms with Gasteiger partial charge in [0.15, 0.2) is 0 Å². The van der Waals surface area contributed by atoms with Crippen molar-refractivity contribution >= 4 is 17.7 Å². The maximum atomic E-state index is 13.4. The Labute approximate surface area is 172 Å². The quantitative estimate of drug-likeness (QED) is 0.677. The number of nitrogens with zero attached hydrogens (tertiary/aromatic N) is 2. The first-order valence-electron chi connectivity index (χ1n) is 9.93. The molecule has 146 valence electrons. The highest BCUT2D eigenvalue weighted by Gasteiger charge is 2.62. The van der Waals surface area contributed by atoms with E-state index in [0.717, 1.165) is 27.3 Å². The number of amides is 3. The van der Waals surface area contributed by atoms with Crippen LogP contribution in [0.4, 0.5) is 0 Å². The van der Waals surface area contributed by atoms with Crippen molar-refractivity contribution in [2.24, 2.45) is 11.8 Å². The Hall–Kier alpha value is -3.80. The largest absolute Gasteiger partial charge is 0.272 e. The summed E-state index contributed by atoms with van der Waals surface area (Å²) in [7, 11) is 0. The van der Waals surface area contributed by atoms with Gasteiger partial charge in [0, 0.05) is 29.8 Å². The molecule has 1 N–H and O–H groups in total. The molecule has 6 nitrogen and oxygen atoms in total. The number of nitrogens with one attached hydrogen (secondary N) is 1. The van der Waals surface area contributed by atoms with Gasteiger partial charge in [0.2, 0.25) is 0 Å².